The smallest absolute Gasteiger partial charge is 0.144 e. The minimum atomic E-state index is -0.890. The SMILES string of the molecule is C[C@@H](N)Cn1ccc(-c2cc(F)c(C#N)c(F)c2)n1. The van der Waals surface area contributed by atoms with Crippen molar-refractivity contribution in [2.24, 2.45) is 5.73 Å². The third kappa shape index (κ3) is 2.77. The number of nitrogens with two attached hydrogens (primary N) is 1. The molecule has 0 radical (unpaired) electrons. The lowest BCUT2D eigenvalue weighted by atomic mass is 10.1. The molecule has 0 aliphatic rings. The molecule has 0 saturated carbocycles. The van der Waals surface area contributed by atoms with Crippen molar-refractivity contribution in [2.75, 3.05) is 0 Å². The fraction of sp³-hybridized carbons (Fsp3) is 0.231. The lowest BCUT2D eigenvalue weighted by Gasteiger charge is -2.04. The molecule has 4 nitrogen and oxygen atoms in total. The van der Waals surface area contributed by atoms with Gasteiger partial charge in [0, 0.05) is 17.8 Å². The maximum Gasteiger partial charge on any atom is 0.144 e. The van der Waals surface area contributed by atoms with Crippen molar-refractivity contribution in [1.82, 2.24) is 9.78 Å². The van der Waals surface area contributed by atoms with Gasteiger partial charge in [-0.1, -0.05) is 0 Å². The summed E-state index contributed by atoms with van der Waals surface area (Å²) in [4.78, 5) is 0. The Morgan fingerprint density at radius 2 is 2.05 bits per heavy atom. The van der Waals surface area contributed by atoms with Crippen molar-refractivity contribution in [3.63, 3.8) is 0 Å². The lowest BCUT2D eigenvalue weighted by Crippen LogP contribution is -2.22. The van der Waals surface area contributed by atoms with Crippen LogP contribution in [0.3, 0.4) is 0 Å². The molecule has 0 spiro atoms. The summed E-state index contributed by atoms with van der Waals surface area (Å²) in [6.45, 7) is 2.35. The maximum atomic E-state index is 13.5. The van der Waals surface area contributed by atoms with Gasteiger partial charge in [-0.3, -0.25) is 4.68 Å². The van der Waals surface area contributed by atoms with Crippen LogP contribution in [-0.4, -0.2) is 15.8 Å². The molecule has 2 aromatic rings. The molecule has 0 amide bonds. The highest BCUT2D eigenvalue weighted by Gasteiger charge is 2.13. The van der Waals surface area contributed by atoms with Gasteiger partial charge < -0.3 is 5.73 Å². The van der Waals surface area contributed by atoms with E-state index in [1.54, 1.807) is 16.9 Å². The Bertz CT molecular complexity index is 617. The summed E-state index contributed by atoms with van der Waals surface area (Å²) >= 11 is 0. The van der Waals surface area contributed by atoms with Crippen LogP contribution in [-0.2, 0) is 6.54 Å². The average molecular weight is 262 g/mol. The van der Waals surface area contributed by atoms with Gasteiger partial charge >= 0.3 is 0 Å². The minimum absolute atomic E-state index is 0.0674. The van der Waals surface area contributed by atoms with Gasteiger partial charge in [0.1, 0.15) is 23.3 Å². The standard InChI is InChI=1S/C13H12F2N4/c1-8(17)7-19-3-2-13(18-19)9-4-11(14)10(6-16)12(15)5-9/h2-5,8H,7,17H2,1H3/t8-/m1/s1. The van der Waals surface area contributed by atoms with Gasteiger partial charge in [0.25, 0.3) is 0 Å². The molecule has 0 aliphatic carbocycles. The van der Waals surface area contributed by atoms with Crippen molar-refractivity contribution in [3.8, 4) is 17.3 Å². The van der Waals surface area contributed by atoms with E-state index in [0.717, 1.165) is 12.1 Å². The number of rotatable bonds is 3. The summed E-state index contributed by atoms with van der Waals surface area (Å²) in [6.07, 6.45) is 1.69. The summed E-state index contributed by atoms with van der Waals surface area (Å²) in [5, 5.41) is 12.8. The molecular formula is C13H12F2N4. The first kappa shape index (κ1) is 13.2. The molecule has 1 atom stereocenters. The highest BCUT2D eigenvalue weighted by molar-refractivity contribution is 5.60. The summed E-state index contributed by atoms with van der Waals surface area (Å²) in [7, 11) is 0. The Balaban J connectivity index is 2.37. The third-order valence-electron chi connectivity index (χ3n) is 2.57. The molecular weight excluding hydrogens is 250 g/mol. The van der Waals surface area contributed by atoms with E-state index in [1.807, 2.05) is 6.92 Å². The Hall–Kier alpha value is -2.26. The number of benzene rings is 1. The zero-order valence-electron chi connectivity index (χ0n) is 10.3. The predicted octanol–water partition coefficient (Wildman–Crippen LogP) is 2.05. The molecule has 2 rings (SSSR count). The van der Waals surface area contributed by atoms with Crippen molar-refractivity contribution < 1.29 is 8.78 Å². The highest BCUT2D eigenvalue weighted by Crippen LogP contribution is 2.22. The minimum Gasteiger partial charge on any atom is -0.326 e. The quantitative estimate of drug-likeness (QED) is 0.920. The first-order valence-corrected chi connectivity index (χ1v) is 5.70. The van der Waals surface area contributed by atoms with E-state index in [4.69, 9.17) is 11.0 Å². The molecule has 19 heavy (non-hydrogen) atoms. The van der Waals surface area contributed by atoms with Crippen molar-refractivity contribution >= 4 is 0 Å². The maximum absolute atomic E-state index is 13.5. The van der Waals surface area contributed by atoms with Gasteiger partial charge in [-0.25, -0.2) is 8.78 Å². The van der Waals surface area contributed by atoms with Crippen LogP contribution in [0, 0.1) is 23.0 Å². The number of nitriles is 1. The topological polar surface area (TPSA) is 67.6 Å². The fourth-order valence-corrected chi connectivity index (χ4v) is 1.74. The molecule has 1 aromatic heterocycles. The Labute approximate surface area is 109 Å². The van der Waals surface area contributed by atoms with Gasteiger partial charge in [-0.15, -0.1) is 0 Å². The lowest BCUT2D eigenvalue weighted by molar-refractivity contribution is 0.539. The molecule has 98 valence electrons. The van der Waals surface area contributed by atoms with Gasteiger partial charge in [-0.2, -0.15) is 10.4 Å². The molecule has 1 aromatic carbocycles. The van der Waals surface area contributed by atoms with Crippen molar-refractivity contribution in [3.05, 3.63) is 41.6 Å². The second-order valence-corrected chi connectivity index (χ2v) is 4.33. The van der Waals surface area contributed by atoms with Crippen LogP contribution >= 0.6 is 0 Å². The highest BCUT2D eigenvalue weighted by atomic mass is 19.1. The van der Waals surface area contributed by atoms with E-state index in [9.17, 15) is 8.78 Å². The van der Waals surface area contributed by atoms with E-state index in [1.165, 1.54) is 6.07 Å². The van der Waals surface area contributed by atoms with E-state index in [2.05, 4.69) is 5.10 Å². The second-order valence-electron chi connectivity index (χ2n) is 4.33. The van der Waals surface area contributed by atoms with Gasteiger partial charge in [0.15, 0.2) is 0 Å². The van der Waals surface area contributed by atoms with Crippen LogP contribution in [0.15, 0.2) is 24.4 Å². The normalized spacial score (nSPS) is 12.2. The molecule has 0 bridgehead atoms. The second kappa shape index (κ2) is 5.16. The number of nitrogens with zero attached hydrogens (tertiary/aromatic N) is 3. The van der Waals surface area contributed by atoms with E-state index >= 15 is 0 Å². The fourth-order valence-electron chi connectivity index (χ4n) is 1.74. The number of hydrogen-bond donors (Lipinski definition) is 1. The summed E-state index contributed by atoms with van der Waals surface area (Å²) < 4.78 is 28.6. The van der Waals surface area contributed by atoms with E-state index < -0.39 is 17.2 Å². The van der Waals surface area contributed by atoms with Crippen LogP contribution in [0.4, 0.5) is 8.78 Å². The molecule has 0 fully saturated rings. The Morgan fingerprint density at radius 3 is 2.58 bits per heavy atom. The zero-order chi connectivity index (χ0) is 14.0. The molecule has 0 aliphatic heterocycles. The van der Waals surface area contributed by atoms with Crippen molar-refractivity contribution in [2.45, 2.75) is 19.5 Å². The number of halogens is 2. The molecule has 6 heteroatoms. The summed E-state index contributed by atoms with van der Waals surface area (Å²) in [6, 6.07) is 5.25. The van der Waals surface area contributed by atoms with Crippen LogP contribution in [0.2, 0.25) is 0 Å². The first-order valence-electron chi connectivity index (χ1n) is 5.70. The van der Waals surface area contributed by atoms with E-state index in [0.29, 0.717) is 12.2 Å². The van der Waals surface area contributed by atoms with E-state index in [-0.39, 0.29) is 11.6 Å². The average Bonchev–Trinajstić information content (AvgIpc) is 2.76. The summed E-state index contributed by atoms with van der Waals surface area (Å²) in [5.41, 5.74) is 5.78. The molecule has 0 saturated heterocycles. The monoisotopic (exact) mass is 262 g/mol. The first-order chi connectivity index (χ1) is 9.01. The zero-order valence-corrected chi connectivity index (χ0v) is 10.3. The largest absolute Gasteiger partial charge is 0.326 e. The van der Waals surface area contributed by atoms with Gasteiger partial charge in [0.2, 0.25) is 0 Å². The number of hydrogen-bond acceptors (Lipinski definition) is 3. The Morgan fingerprint density at radius 1 is 1.42 bits per heavy atom. The molecule has 1 heterocycles. The predicted molar refractivity (Wildman–Crippen MR) is 65.9 cm³/mol. The van der Waals surface area contributed by atoms with Crippen molar-refractivity contribution in [1.29, 1.82) is 5.26 Å². The van der Waals surface area contributed by atoms with Crippen LogP contribution < -0.4 is 5.73 Å². The molecule has 0 unspecified atom stereocenters. The Kier molecular flexibility index (Phi) is 3.58. The third-order valence-corrected chi connectivity index (χ3v) is 2.57. The van der Waals surface area contributed by atoms with Crippen LogP contribution in [0.25, 0.3) is 11.3 Å². The van der Waals surface area contributed by atoms with Crippen LogP contribution in [0.5, 0.6) is 0 Å². The van der Waals surface area contributed by atoms with Gasteiger partial charge in [0.05, 0.1) is 12.2 Å². The number of aromatic nitrogens is 2. The van der Waals surface area contributed by atoms with Crippen LogP contribution in [0.1, 0.15) is 12.5 Å². The molecule has 2 N–H and O–H groups in total. The summed E-state index contributed by atoms with van der Waals surface area (Å²) in [5.74, 6) is -1.78. The van der Waals surface area contributed by atoms with Gasteiger partial charge in [-0.05, 0) is 25.1 Å².